The van der Waals surface area contributed by atoms with E-state index in [1.807, 2.05) is 28.9 Å². The molecule has 1 aliphatic heterocycles. The predicted molar refractivity (Wildman–Crippen MR) is 124 cm³/mol. The number of amides is 1. The van der Waals surface area contributed by atoms with E-state index in [9.17, 15) is 18.0 Å². The Kier molecular flexibility index (Phi) is 9.26. The number of nitrogens with zero attached hydrogens (tertiary/aromatic N) is 2. The number of carbonyl (C=O) groups excluding carboxylic acids is 1. The molecule has 1 fully saturated rings. The molecule has 1 aromatic carbocycles. The molecular weight excluding hydrogens is 449 g/mol. The molecule has 34 heavy (non-hydrogen) atoms. The highest BCUT2D eigenvalue weighted by Gasteiger charge is 2.38. The van der Waals surface area contributed by atoms with Crippen LogP contribution in [0.4, 0.5) is 19.0 Å². The van der Waals surface area contributed by atoms with Crippen LogP contribution in [0.3, 0.4) is 0 Å². The van der Waals surface area contributed by atoms with Crippen LogP contribution in [0.1, 0.15) is 64.6 Å². The van der Waals surface area contributed by atoms with Crippen molar-refractivity contribution in [2.45, 2.75) is 83.6 Å². The maximum Gasteiger partial charge on any atom is 0.490 e. The molecule has 1 aromatic heterocycles. The van der Waals surface area contributed by atoms with Gasteiger partial charge in [0.25, 0.3) is 0 Å². The van der Waals surface area contributed by atoms with Crippen molar-refractivity contribution in [3.63, 3.8) is 0 Å². The first-order valence-electron chi connectivity index (χ1n) is 11.3. The van der Waals surface area contributed by atoms with Crippen LogP contribution in [0.15, 0.2) is 36.4 Å². The van der Waals surface area contributed by atoms with Gasteiger partial charge < -0.3 is 15.7 Å². The summed E-state index contributed by atoms with van der Waals surface area (Å²) >= 11 is 0. The number of hydrogen-bond donors (Lipinski definition) is 3. The number of halogens is 3. The average Bonchev–Trinajstić information content (AvgIpc) is 3.17. The van der Waals surface area contributed by atoms with Crippen LogP contribution in [0, 0.1) is 0 Å². The van der Waals surface area contributed by atoms with E-state index in [0.29, 0.717) is 12.6 Å². The second-order valence-electron chi connectivity index (χ2n) is 9.36. The van der Waals surface area contributed by atoms with Crippen molar-refractivity contribution in [3.8, 4) is 0 Å². The van der Waals surface area contributed by atoms with Gasteiger partial charge in [-0.05, 0) is 31.2 Å². The van der Waals surface area contributed by atoms with Crippen molar-refractivity contribution in [2.75, 3.05) is 5.32 Å². The van der Waals surface area contributed by atoms with Gasteiger partial charge in [-0.3, -0.25) is 4.79 Å². The Bertz CT molecular complexity index is 953. The van der Waals surface area contributed by atoms with Gasteiger partial charge in [0.2, 0.25) is 5.91 Å². The van der Waals surface area contributed by atoms with Gasteiger partial charge >= 0.3 is 12.1 Å². The quantitative estimate of drug-likeness (QED) is 0.573. The van der Waals surface area contributed by atoms with E-state index >= 15 is 0 Å². The summed E-state index contributed by atoms with van der Waals surface area (Å²) in [6, 6.07) is 12.6. The van der Waals surface area contributed by atoms with Gasteiger partial charge in [-0.15, -0.1) is 0 Å². The number of rotatable bonds is 5. The number of anilines is 1. The SMILES string of the molecule is CCC1CCCC(C(=O)Nc2cc(C(C)(C)C)nn2Cc2ccccc2)N1.O=C(O)C(F)(F)F. The van der Waals surface area contributed by atoms with E-state index in [0.717, 1.165) is 37.2 Å². The number of carboxylic acid groups (broad SMARTS) is 1. The molecule has 188 valence electrons. The van der Waals surface area contributed by atoms with Crippen molar-refractivity contribution in [2.24, 2.45) is 0 Å². The minimum atomic E-state index is -5.08. The average molecular weight is 483 g/mol. The summed E-state index contributed by atoms with van der Waals surface area (Å²) in [5.74, 6) is -1.94. The standard InChI is InChI=1S/C22H32N4O.C2HF3O2/c1-5-17-12-9-13-18(23-17)21(27)24-20-14-19(22(2,3)4)25-26(20)15-16-10-7-6-8-11-16;3-2(4,5)1(6)7/h6-8,10-11,14,17-18,23H,5,9,12-13,15H2,1-4H3,(H,24,27);(H,6,7). The molecule has 3 N–H and O–H groups in total. The lowest BCUT2D eigenvalue weighted by Crippen LogP contribution is -2.48. The summed E-state index contributed by atoms with van der Waals surface area (Å²) < 4.78 is 33.6. The van der Waals surface area contributed by atoms with Gasteiger partial charge in [-0.1, -0.05) is 58.0 Å². The fraction of sp³-hybridized carbons (Fsp3) is 0.542. The zero-order valence-corrected chi connectivity index (χ0v) is 19.9. The van der Waals surface area contributed by atoms with Gasteiger partial charge in [0.15, 0.2) is 0 Å². The van der Waals surface area contributed by atoms with Crippen LogP contribution in [-0.2, 0) is 21.5 Å². The number of aromatic nitrogens is 2. The first-order chi connectivity index (χ1) is 15.8. The lowest BCUT2D eigenvalue weighted by atomic mass is 9.92. The second kappa shape index (κ2) is 11.5. The van der Waals surface area contributed by atoms with Crippen LogP contribution in [0.2, 0.25) is 0 Å². The van der Waals surface area contributed by atoms with Crippen LogP contribution in [0.5, 0.6) is 0 Å². The van der Waals surface area contributed by atoms with Crippen molar-refractivity contribution in [3.05, 3.63) is 47.7 Å². The third-order valence-electron chi connectivity index (χ3n) is 5.51. The van der Waals surface area contributed by atoms with Crippen LogP contribution < -0.4 is 10.6 Å². The van der Waals surface area contributed by atoms with Gasteiger partial charge in [0.05, 0.1) is 18.3 Å². The van der Waals surface area contributed by atoms with E-state index in [1.165, 1.54) is 5.56 Å². The molecule has 2 heterocycles. The summed E-state index contributed by atoms with van der Waals surface area (Å²) in [5.41, 5.74) is 2.08. The third-order valence-corrected chi connectivity index (χ3v) is 5.51. The fourth-order valence-corrected chi connectivity index (χ4v) is 3.52. The molecule has 7 nitrogen and oxygen atoms in total. The lowest BCUT2D eigenvalue weighted by Gasteiger charge is -2.29. The topological polar surface area (TPSA) is 96.3 Å². The number of aliphatic carboxylic acids is 1. The minimum Gasteiger partial charge on any atom is -0.475 e. The normalized spacial score (nSPS) is 18.6. The van der Waals surface area contributed by atoms with Crippen LogP contribution in [0.25, 0.3) is 0 Å². The Morgan fingerprint density at radius 2 is 1.79 bits per heavy atom. The Morgan fingerprint density at radius 3 is 2.32 bits per heavy atom. The summed E-state index contributed by atoms with van der Waals surface area (Å²) in [6.45, 7) is 9.23. The molecule has 0 spiro atoms. The van der Waals surface area contributed by atoms with Gasteiger partial charge in [-0.25, -0.2) is 9.48 Å². The second-order valence-corrected chi connectivity index (χ2v) is 9.36. The van der Waals surface area contributed by atoms with Gasteiger partial charge in [0, 0.05) is 17.5 Å². The number of piperidine rings is 1. The largest absolute Gasteiger partial charge is 0.490 e. The number of carboxylic acids is 1. The van der Waals surface area contributed by atoms with Crippen LogP contribution >= 0.6 is 0 Å². The highest BCUT2D eigenvalue weighted by Crippen LogP contribution is 2.25. The Hall–Kier alpha value is -2.88. The number of nitrogens with one attached hydrogen (secondary N) is 2. The molecule has 1 saturated heterocycles. The van der Waals surface area contributed by atoms with Crippen molar-refractivity contribution in [1.82, 2.24) is 15.1 Å². The third kappa shape index (κ3) is 8.16. The Balaban J connectivity index is 0.000000509. The van der Waals surface area contributed by atoms with Crippen molar-refractivity contribution in [1.29, 1.82) is 0 Å². The molecule has 10 heteroatoms. The van der Waals surface area contributed by atoms with Gasteiger partial charge in [-0.2, -0.15) is 18.3 Å². The molecule has 2 atom stereocenters. The van der Waals surface area contributed by atoms with Crippen molar-refractivity contribution < 1.29 is 27.9 Å². The number of hydrogen-bond acceptors (Lipinski definition) is 4. The summed E-state index contributed by atoms with van der Waals surface area (Å²) in [6.07, 6.45) is -0.883. The highest BCUT2D eigenvalue weighted by molar-refractivity contribution is 5.94. The van der Waals surface area contributed by atoms with E-state index in [1.54, 1.807) is 0 Å². The Morgan fingerprint density at radius 1 is 1.18 bits per heavy atom. The summed E-state index contributed by atoms with van der Waals surface area (Å²) in [7, 11) is 0. The molecule has 3 rings (SSSR count). The summed E-state index contributed by atoms with van der Waals surface area (Å²) in [5, 5.41) is 18.5. The van der Waals surface area contributed by atoms with Crippen LogP contribution in [-0.4, -0.2) is 45.0 Å². The monoisotopic (exact) mass is 482 g/mol. The molecular formula is C24H33F3N4O3. The van der Waals surface area contributed by atoms with E-state index in [-0.39, 0.29) is 17.4 Å². The first kappa shape index (κ1) is 27.4. The highest BCUT2D eigenvalue weighted by atomic mass is 19.4. The van der Waals surface area contributed by atoms with E-state index < -0.39 is 12.1 Å². The molecule has 0 aliphatic carbocycles. The number of carbonyl (C=O) groups is 2. The van der Waals surface area contributed by atoms with E-state index in [4.69, 9.17) is 15.0 Å². The molecule has 0 saturated carbocycles. The molecule has 0 radical (unpaired) electrons. The molecule has 2 unspecified atom stereocenters. The number of benzene rings is 1. The zero-order valence-electron chi connectivity index (χ0n) is 19.9. The van der Waals surface area contributed by atoms with E-state index in [2.05, 4.69) is 50.5 Å². The Labute approximate surface area is 197 Å². The zero-order chi connectivity index (χ0) is 25.5. The smallest absolute Gasteiger partial charge is 0.475 e. The first-order valence-corrected chi connectivity index (χ1v) is 11.3. The molecule has 0 bridgehead atoms. The molecule has 1 amide bonds. The predicted octanol–water partition coefficient (Wildman–Crippen LogP) is 4.72. The lowest BCUT2D eigenvalue weighted by molar-refractivity contribution is -0.192. The van der Waals surface area contributed by atoms with Gasteiger partial charge in [0.1, 0.15) is 5.82 Å². The molecule has 1 aliphatic rings. The number of alkyl halides is 3. The summed E-state index contributed by atoms with van der Waals surface area (Å²) in [4.78, 5) is 21.8. The maximum atomic E-state index is 12.9. The molecule has 2 aromatic rings. The van der Waals surface area contributed by atoms with Crippen molar-refractivity contribution >= 4 is 17.7 Å². The maximum absolute atomic E-state index is 12.9. The fourth-order valence-electron chi connectivity index (χ4n) is 3.52. The minimum absolute atomic E-state index is 0.0443.